The van der Waals surface area contributed by atoms with Crippen molar-refractivity contribution < 1.29 is 0 Å². The molecule has 0 unspecified atom stereocenters. The zero-order valence-electron chi connectivity index (χ0n) is 36.6. The molecule has 0 aliphatic heterocycles. The van der Waals surface area contributed by atoms with Crippen LogP contribution in [0.5, 0.6) is 0 Å². The molecule has 0 amide bonds. The summed E-state index contributed by atoms with van der Waals surface area (Å²) in [7, 11) is -15.9. The summed E-state index contributed by atoms with van der Waals surface area (Å²) < 4.78 is 0.929. The Kier molecular flexibility index (Phi) is 12.5. The summed E-state index contributed by atoms with van der Waals surface area (Å²) in [6.45, 7) is 74.2. The van der Waals surface area contributed by atoms with E-state index in [9.17, 15) is 0 Å². The van der Waals surface area contributed by atoms with Gasteiger partial charge in [0.1, 0.15) is 0 Å². The van der Waals surface area contributed by atoms with E-state index in [0.717, 1.165) is 0 Å². The third-order valence-corrected chi connectivity index (χ3v) is 76.2. The Morgan fingerprint density at radius 1 is 0.304 bits per heavy atom. The van der Waals surface area contributed by atoms with Crippen molar-refractivity contribution in [1.82, 2.24) is 0 Å². The van der Waals surface area contributed by atoms with Crippen LogP contribution < -0.4 is 0 Å². The molecule has 0 heterocycles. The maximum atomic E-state index is 6.02. The van der Waals surface area contributed by atoms with Gasteiger partial charge in [-0.1, -0.05) is 189 Å². The topological polar surface area (TPSA) is 0 Å². The molecule has 0 saturated heterocycles. The van der Waals surface area contributed by atoms with Crippen LogP contribution in [0, 0.1) is 0 Å². The molecule has 0 spiro atoms. The monoisotopic (exact) mass is 800 g/mol. The summed E-state index contributed by atoms with van der Waals surface area (Å²) in [6.07, 6.45) is 0. The molecule has 0 fully saturated rings. The fourth-order valence-electron chi connectivity index (χ4n) is 15.3. The lowest BCUT2D eigenvalue weighted by Crippen LogP contribution is -2.77. The van der Waals surface area contributed by atoms with Crippen LogP contribution in [-0.2, 0) is 12.9 Å². The van der Waals surface area contributed by atoms with Crippen molar-refractivity contribution in [2.24, 2.45) is 0 Å². The predicted molar refractivity (Wildman–Crippen MR) is 249 cm³/mol. The lowest BCUT2D eigenvalue weighted by molar-refractivity contribution is 0.893. The van der Waals surface area contributed by atoms with Crippen LogP contribution in [-0.4, -0.2) is 72.7 Å². The molecule has 1 rings (SSSR count). The van der Waals surface area contributed by atoms with Crippen molar-refractivity contribution in [1.29, 1.82) is 0 Å². The van der Waals surface area contributed by atoms with E-state index in [-0.39, 0.29) is 0 Å². The van der Waals surface area contributed by atoms with Crippen LogP contribution >= 0.6 is 12.6 Å². The first kappa shape index (κ1) is 45.5. The van der Waals surface area contributed by atoms with Gasteiger partial charge in [0.2, 0.25) is 0 Å². The molecule has 0 bridgehead atoms. The van der Waals surface area contributed by atoms with E-state index in [2.05, 4.69) is 189 Å². The lowest BCUT2D eigenvalue weighted by Gasteiger charge is -2.64. The first-order chi connectivity index (χ1) is 19.5. The molecule has 1 aromatic rings. The maximum Gasteiger partial charge on any atom is 0.0500 e. The number of rotatable bonds is 12. The van der Waals surface area contributed by atoms with E-state index in [1.54, 1.807) is 16.7 Å². The summed E-state index contributed by atoms with van der Waals surface area (Å²) in [4.78, 5) is 1.46. The smallest absolute Gasteiger partial charge is 0.0500 e. The Balaban J connectivity index is 5.41. The highest BCUT2D eigenvalue weighted by atomic mass is 32.1. The highest BCUT2D eigenvalue weighted by Crippen LogP contribution is 2.59. The Morgan fingerprint density at radius 2 is 0.457 bits per heavy atom. The zero-order chi connectivity index (χ0) is 37.7. The summed E-state index contributed by atoms with van der Waals surface area (Å²) >= 11 is 6.02. The maximum absolute atomic E-state index is 6.02. The average Bonchev–Trinajstić information content (AvgIpc) is 2.61. The van der Waals surface area contributed by atoms with Crippen LogP contribution in [0.25, 0.3) is 0 Å². The molecular weight excluding hydrogens is 717 g/mol. The molecule has 0 radical (unpaired) electrons. The minimum absolute atomic E-state index is 0.295. The SMILES string of the molecule is C[Si](C)(C)C(c1cc(C([Si](C)(C)C)([Si](C)(C)C)[Si](C)(C)C)c(S)c(C([Si](C)(C)C)([Si](C)(C)C)[Si](C)(C)C)c1)([Si](C)(C)C)[Si](C)(C)C. The molecule has 0 nitrogen and oxygen atoms in total. The standard InChI is InChI=1S/C36H84SSi9/c1-38(2,3)34(39(4,5)6,40(7,8)9)30-28-31(35(41(10,11)12,42(13,14)15)43(16,17)18)33(37)32(29-30)36(44(19,20)21,45(22,23)24)46(25,26)27/h28-29,37H,1-27H3. The number of benzene rings is 1. The summed E-state index contributed by atoms with van der Waals surface area (Å²) in [5.74, 6) is 0. The van der Waals surface area contributed by atoms with Gasteiger partial charge in [-0.05, 0) is 29.5 Å². The van der Waals surface area contributed by atoms with Gasteiger partial charge in [0.15, 0.2) is 0 Å². The first-order valence-corrected chi connectivity index (χ1v) is 50.3. The van der Waals surface area contributed by atoms with E-state index >= 15 is 0 Å². The molecule has 0 aliphatic rings. The van der Waals surface area contributed by atoms with Crippen molar-refractivity contribution in [2.45, 2.75) is 195 Å². The van der Waals surface area contributed by atoms with Gasteiger partial charge in [0, 0.05) is 77.6 Å². The third kappa shape index (κ3) is 6.65. The van der Waals surface area contributed by atoms with Crippen LogP contribution in [0.2, 0.25) is 177 Å². The van der Waals surface area contributed by atoms with E-state index in [4.69, 9.17) is 12.6 Å². The molecule has 0 N–H and O–H groups in total. The van der Waals surface area contributed by atoms with Crippen molar-refractivity contribution in [3.05, 3.63) is 28.8 Å². The zero-order valence-corrected chi connectivity index (χ0v) is 46.5. The van der Waals surface area contributed by atoms with Crippen molar-refractivity contribution in [3.63, 3.8) is 0 Å². The Morgan fingerprint density at radius 3 is 0.587 bits per heavy atom. The minimum atomic E-state index is -1.78. The quantitative estimate of drug-likeness (QED) is 0.158. The number of hydrogen-bond donors (Lipinski definition) is 1. The molecule has 0 saturated carbocycles. The van der Waals surface area contributed by atoms with Crippen LogP contribution in [0.4, 0.5) is 0 Å². The van der Waals surface area contributed by atoms with Gasteiger partial charge in [0.05, 0.1) is 0 Å². The minimum Gasteiger partial charge on any atom is -0.143 e. The van der Waals surface area contributed by atoms with Crippen LogP contribution in [0.15, 0.2) is 17.0 Å². The highest BCUT2D eigenvalue weighted by molar-refractivity contribution is 7.80. The molecule has 0 aliphatic carbocycles. The number of hydrogen-bond acceptors (Lipinski definition) is 1. The van der Waals surface area contributed by atoms with E-state index in [1.807, 2.05) is 0 Å². The fraction of sp³-hybridized carbons (Fsp3) is 0.833. The molecule has 46 heavy (non-hydrogen) atoms. The Bertz CT molecular complexity index is 1070. The second-order valence-corrected chi connectivity index (χ2v) is 76.6. The van der Waals surface area contributed by atoms with Gasteiger partial charge in [-0.25, -0.2) is 0 Å². The Labute approximate surface area is 306 Å². The second kappa shape index (κ2) is 12.6. The van der Waals surface area contributed by atoms with Gasteiger partial charge in [-0.2, -0.15) is 0 Å². The largest absolute Gasteiger partial charge is 0.143 e. The molecule has 1 aromatic carbocycles. The fourth-order valence-corrected chi connectivity index (χ4v) is 106. The predicted octanol–water partition coefficient (Wildman–Crippen LogP) is 13.6. The second-order valence-electron chi connectivity index (χ2n) is 24.4. The van der Waals surface area contributed by atoms with E-state index in [0.29, 0.717) is 12.9 Å². The van der Waals surface area contributed by atoms with E-state index in [1.165, 1.54) is 4.90 Å². The molecular formula is C36H84SSi9. The van der Waals surface area contributed by atoms with Crippen LogP contribution in [0.3, 0.4) is 0 Å². The lowest BCUT2D eigenvalue weighted by atomic mass is 10.1. The Hall–Kier alpha value is 1.52. The first-order valence-electron chi connectivity index (χ1n) is 18.4. The summed E-state index contributed by atoms with van der Waals surface area (Å²) in [6, 6.07) is 5.89. The summed E-state index contributed by atoms with van der Waals surface area (Å²) in [5, 5.41) is 0. The van der Waals surface area contributed by atoms with Crippen molar-refractivity contribution >= 4 is 85.3 Å². The molecule has 270 valence electrons. The summed E-state index contributed by atoms with van der Waals surface area (Å²) in [5.41, 5.74) is 5.30. The van der Waals surface area contributed by atoms with Gasteiger partial charge >= 0.3 is 0 Å². The van der Waals surface area contributed by atoms with E-state index < -0.39 is 72.7 Å². The van der Waals surface area contributed by atoms with Crippen LogP contribution in [0.1, 0.15) is 16.7 Å². The van der Waals surface area contributed by atoms with Gasteiger partial charge in [-0.3, -0.25) is 0 Å². The molecule has 10 heteroatoms. The normalized spacial score (nSPS) is 16.3. The van der Waals surface area contributed by atoms with Crippen molar-refractivity contribution in [2.75, 3.05) is 0 Å². The van der Waals surface area contributed by atoms with Gasteiger partial charge in [0.25, 0.3) is 0 Å². The molecule has 0 atom stereocenters. The van der Waals surface area contributed by atoms with Crippen molar-refractivity contribution in [3.8, 4) is 0 Å². The van der Waals surface area contributed by atoms with Gasteiger partial charge < -0.3 is 0 Å². The highest BCUT2D eigenvalue weighted by Gasteiger charge is 2.67. The molecule has 0 aromatic heterocycles. The third-order valence-electron chi connectivity index (χ3n) is 12.5. The number of thiol groups is 1. The van der Waals surface area contributed by atoms with Gasteiger partial charge in [-0.15, -0.1) is 12.6 Å². The average molecular weight is 802 g/mol.